The van der Waals surface area contributed by atoms with Crippen molar-refractivity contribution < 1.29 is 9.90 Å². The van der Waals surface area contributed by atoms with Gasteiger partial charge in [-0.3, -0.25) is 0 Å². The van der Waals surface area contributed by atoms with Gasteiger partial charge in [0.25, 0.3) is 0 Å². The summed E-state index contributed by atoms with van der Waals surface area (Å²) < 4.78 is 0. The van der Waals surface area contributed by atoms with Gasteiger partial charge in [0.05, 0.1) is 0 Å². The maximum atomic E-state index is 11.0. The fourth-order valence-corrected chi connectivity index (χ4v) is 2.17. The van der Waals surface area contributed by atoms with Crippen LogP contribution in [0.15, 0.2) is 12.1 Å². The van der Waals surface area contributed by atoms with Gasteiger partial charge < -0.3 is 10.4 Å². The molecule has 0 aliphatic rings. The van der Waals surface area contributed by atoms with Crippen LogP contribution in [0.3, 0.4) is 0 Å². The average Bonchev–Trinajstić information content (AvgIpc) is 2.26. The lowest BCUT2D eigenvalue weighted by Crippen LogP contribution is -2.16. The first-order valence-corrected chi connectivity index (χ1v) is 6.87. The molecule has 0 aliphatic carbocycles. The van der Waals surface area contributed by atoms with Crippen LogP contribution in [0.1, 0.15) is 23.0 Å². The van der Waals surface area contributed by atoms with E-state index in [2.05, 4.69) is 23.5 Å². The van der Waals surface area contributed by atoms with Crippen molar-refractivity contribution in [1.29, 1.82) is 0 Å². The van der Waals surface area contributed by atoms with E-state index in [-0.39, 0.29) is 5.56 Å². The molecule has 0 aliphatic heterocycles. The van der Waals surface area contributed by atoms with Gasteiger partial charge in [-0.1, -0.05) is 6.92 Å². The van der Waals surface area contributed by atoms with Crippen molar-refractivity contribution in [3.05, 3.63) is 23.4 Å². The summed E-state index contributed by atoms with van der Waals surface area (Å²) in [4.78, 5) is 15.2. The number of anilines is 1. The Bertz CT molecular complexity index is 396. The number of nitrogens with zero attached hydrogens (tertiary/aromatic N) is 1. The maximum absolute atomic E-state index is 11.0. The molecule has 1 aromatic heterocycles. The second-order valence-corrected chi connectivity index (χ2v) is 5.01. The Morgan fingerprint density at radius 1 is 1.59 bits per heavy atom. The lowest BCUT2D eigenvalue weighted by molar-refractivity contribution is 0.0697. The monoisotopic (exact) mass is 254 g/mol. The molecule has 0 saturated carbocycles. The molecule has 1 atom stereocenters. The molecular weight excluding hydrogens is 236 g/mol. The fraction of sp³-hybridized carbons (Fsp3) is 0.500. The lowest BCUT2D eigenvalue weighted by atomic mass is 10.2. The van der Waals surface area contributed by atoms with Crippen LogP contribution in [0.4, 0.5) is 5.82 Å². The second kappa shape index (κ2) is 6.49. The number of pyridine rings is 1. The summed E-state index contributed by atoms with van der Waals surface area (Å²) >= 11 is 1.78. The van der Waals surface area contributed by atoms with Crippen molar-refractivity contribution in [2.75, 3.05) is 23.9 Å². The number of aromatic nitrogens is 1. The molecule has 0 fully saturated rings. The molecule has 1 aromatic rings. The minimum absolute atomic E-state index is 0.229. The van der Waals surface area contributed by atoms with Gasteiger partial charge in [0.1, 0.15) is 11.4 Å². The molecule has 0 aromatic carbocycles. The molecule has 0 saturated heterocycles. The first-order valence-electron chi connectivity index (χ1n) is 5.48. The molecule has 1 unspecified atom stereocenters. The number of thioether (sulfide) groups is 1. The van der Waals surface area contributed by atoms with Crippen LogP contribution in [-0.2, 0) is 0 Å². The van der Waals surface area contributed by atoms with Crippen LogP contribution in [0.25, 0.3) is 0 Å². The topological polar surface area (TPSA) is 62.2 Å². The number of aromatic carboxylic acids is 1. The maximum Gasteiger partial charge on any atom is 0.339 e. The molecule has 1 rings (SSSR count). The van der Waals surface area contributed by atoms with Crippen LogP contribution < -0.4 is 5.32 Å². The Morgan fingerprint density at radius 3 is 2.88 bits per heavy atom. The van der Waals surface area contributed by atoms with Gasteiger partial charge in [-0.15, -0.1) is 0 Å². The van der Waals surface area contributed by atoms with E-state index in [0.717, 1.165) is 18.0 Å². The number of nitrogens with one attached hydrogen (secondary N) is 1. The molecule has 94 valence electrons. The van der Waals surface area contributed by atoms with Gasteiger partial charge >= 0.3 is 5.97 Å². The molecule has 1 heterocycles. The molecular formula is C12H18N2O2S. The molecule has 0 bridgehead atoms. The Balaban J connectivity index is 2.75. The van der Waals surface area contributed by atoms with E-state index in [4.69, 9.17) is 5.11 Å². The summed E-state index contributed by atoms with van der Waals surface area (Å²) in [5, 5.41) is 12.2. The van der Waals surface area contributed by atoms with Gasteiger partial charge in [0.2, 0.25) is 0 Å². The quantitative estimate of drug-likeness (QED) is 0.816. The Hall–Kier alpha value is -1.23. The summed E-state index contributed by atoms with van der Waals surface area (Å²) in [7, 11) is 0. The predicted molar refractivity (Wildman–Crippen MR) is 72.0 cm³/mol. The largest absolute Gasteiger partial charge is 0.478 e. The Kier molecular flexibility index (Phi) is 5.28. The number of rotatable bonds is 6. The summed E-state index contributed by atoms with van der Waals surface area (Å²) in [5.74, 6) is 1.04. The first kappa shape index (κ1) is 13.8. The number of carboxylic acid groups (broad SMARTS) is 1. The Morgan fingerprint density at radius 2 is 2.29 bits per heavy atom. The summed E-state index contributed by atoms with van der Waals surface area (Å²) in [6.45, 7) is 4.71. The van der Waals surface area contributed by atoms with E-state index in [1.165, 1.54) is 0 Å². The second-order valence-electron chi connectivity index (χ2n) is 4.10. The van der Waals surface area contributed by atoms with E-state index in [1.54, 1.807) is 23.9 Å². The standard InChI is InChI=1S/C12H18N2O2S/c1-8(7-17-3)6-13-11-10(12(15)16)5-4-9(2)14-11/h4-5,8H,6-7H2,1-3H3,(H,13,14)(H,15,16). The van der Waals surface area contributed by atoms with Crippen molar-refractivity contribution >= 4 is 23.5 Å². The van der Waals surface area contributed by atoms with Crippen LogP contribution in [0.2, 0.25) is 0 Å². The normalized spacial score (nSPS) is 12.2. The molecule has 0 spiro atoms. The lowest BCUT2D eigenvalue weighted by Gasteiger charge is -2.13. The van der Waals surface area contributed by atoms with Gasteiger partial charge in [0.15, 0.2) is 0 Å². The van der Waals surface area contributed by atoms with Crippen molar-refractivity contribution in [3.8, 4) is 0 Å². The van der Waals surface area contributed by atoms with Gasteiger partial charge in [0, 0.05) is 12.2 Å². The van der Waals surface area contributed by atoms with Crippen LogP contribution in [0, 0.1) is 12.8 Å². The van der Waals surface area contributed by atoms with E-state index in [0.29, 0.717) is 11.7 Å². The first-order chi connectivity index (χ1) is 8.04. The molecule has 5 heteroatoms. The van der Waals surface area contributed by atoms with Gasteiger partial charge in [-0.25, -0.2) is 9.78 Å². The highest BCUT2D eigenvalue weighted by Gasteiger charge is 2.12. The van der Waals surface area contributed by atoms with Crippen molar-refractivity contribution in [3.63, 3.8) is 0 Å². The fourth-order valence-electron chi connectivity index (χ4n) is 1.48. The molecule has 0 amide bonds. The summed E-state index contributed by atoms with van der Waals surface area (Å²) in [6, 6.07) is 3.30. The number of carboxylic acids is 1. The van der Waals surface area contributed by atoms with Crippen LogP contribution in [0.5, 0.6) is 0 Å². The van der Waals surface area contributed by atoms with Crippen molar-refractivity contribution in [2.45, 2.75) is 13.8 Å². The zero-order chi connectivity index (χ0) is 12.8. The highest BCUT2D eigenvalue weighted by molar-refractivity contribution is 7.98. The minimum atomic E-state index is -0.947. The molecule has 2 N–H and O–H groups in total. The van der Waals surface area contributed by atoms with E-state index in [1.807, 2.05) is 6.92 Å². The van der Waals surface area contributed by atoms with Gasteiger partial charge in [-0.05, 0) is 37.0 Å². The van der Waals surface area contributed by atoms with Crippen molar-refractivity contribution in [1.82, 2.24) is 4.98 Å². The van der Waals surface area contributed by atoms with Crippen LogP contribution in [-0.4, -0.2) is 34.6 Å². The molecule has 0 radical (unpaired) electrons. The SMILES string of the molecule is CSCC(C)CNc1nc(C)ccc1C(=O)O. The highest BCUT2D eigenvalue weighted by atomic mass is 32.2. The van der Waals surface area contributed by atoms with Crippen LogP contribution >= 0.6 is 11.8 Å². The van der Waals surface area contributed by atoms with Crippen molar-refractivity contribution in [2.24, 2.45) is 5.92 Å². The summed E-state index contributed by atoms with van der Waals surface area (Å²) in [6.07, 6.45) is 2.06. The number of aryl methyl sites for hydroxylation is 1. The van der Waals surface area contributed by atoms with E-state index >= 15 is 0 Å². The van der Waals surface area contributed by atoms with Gasteiger partial charge in [-0.2, -0.15) is 11.8 Å². The third-order valence-electron chi connectivity index (χ3n) is 2.33. The Labute approximate surface area is 106 Å². The molecule has 17 heavy (non-hydrogen) atoms. The number of carbonyl (C=O) groups is 1. The predicted octanol–water partition coefficient (Wildman–Crippen LogP) is 2.50. The third-order valence-corrected chi connectivity index (χ3v) is 3.24. The smallest absolute Gasteiger partial charge is 0.339 e. The van der Waals surface area contributed by atoms with E-state index < -0.39 is 5.97 Å². The third kappa shape index (κ3) is 4.26. The van der Waals surface area contributed by atoms with E-state index in [9.17, 15) is 4.79 Å². The highest BCUT2D eigenvalue weighted by Crippen LogP contribution is 2.14. The number of hydrogen-bond donors (Lipinski definition) is 2. The average molecular weight is 254 g/mol. The number of hydrogen-bond acceptors (Lipinski definition) is 4. The zero-order valence-corrected chi connectivity index (χ0v) is 11.2. The summed E-state index contributed by atoms with van der Waals surface area (Å²) in [5.41, 5.74) is 1.04. The zero-order valence-electron chi connectivity index (χ0n) is 10.4. The minimum Gasteiger partial charge on any atom is -0.478 e. The molecule has 4 nitrogen and oxygen atoms in total.